The molecule has 2 fully saturated rings. The molecule has 1 nitrogen and oxygen atoms in total. The second kappa shape index (κ2) is 6.15. The van der Waals surface area contributed by atoms with Crippen LogP contribution < -0.4 is 5.32 Å². The fraction of sp³-hybridized carbons (Fsp3) is 1.00. The summed E-state index contributed by atoms with van der Waals surface area (Å²) in [5, 5.41) is 4.76. The van der Waals surface area contributed by atoms with E-state index in [1.807, 2.05) is 0 Å². The zero-order chi connectivity index (χ0) is 10.5. The Kier molecular flexibility index (Phi) is 4.83. The highest BCUT2D eigenvalue weighted by molar-refractivity contribution is 8.00. The maximum Gasteiger partial charge on any atom is 0.0214 e. The van der Waals surface area contributed by atoms with Crippen molar-refractivity contribution < 1.29 is 0 Å². The SMILES string of the molecule is CCCNC(C1CCCC1)C1CCCS1. The van der Waals surface area contributed by atoms with Gasteiger partial charge in [0, 0.05) is 11.3 Å². The van der Waals surface area contributed by atoms with Crippen LogP contribution >= 0.6 is 11.8 Å². The molecule has 2 unspecified atom stereocenters. The summed E-state index contributed by atoms with van der Waals surface area (Å²) in [5.41, 5.74) is 0. The minimum absolute atomic E-state index is 0.833. The lowest BCUT2D eigenvalue weighted by Crippen LogP contribution is -2.42. The lowest BCUT2D eigenvalue weighted by atomic mass is 9.93. The lowest BCUT2D eigenvalue weighted by molar-refractivity contribution is 0.346. The number of thioether (sulfide) groups is 1. The fourth-order valence-electron chi connectivity index (χ4n) is 3.11. The molecule has 0 aromatic heterocycles. The third-order valence-electron chi connectivity index (χ3n) is 3.90. The molecular weight excluding hydrogens is 202 g/mol. The largest absolute Gasteiger partial charge is 0.313 e. The molecule has 1 N–H and O–H groups in total. The van der Waals surface area contributed by atoms with E-state index in [1.54, 1.807) is 0 Å². The van der Waals surface area contributed by atoms with E-state index in [4.69, 9.17) is 0 Å². The van der Waals surface area contributed by atoms with Gasteiger partial charge in [-0.25, -0.2) is 0 Å². The standard InChI is InChI=1S/C13H25NS/c1-2-9-14-13(11-6-3-4-7-11)12-8-5-10-15-12/h11-14H,2-10H2,1H3. The van der Waals surface area contributed by atoms with Crippen molar-refractivity contribution in [3.05, 3.63) is 0 Å². The fourth-order valence-corrected chi connectivity index (χ4v) is 4.61. The van der Waals surface area contributed by atoms with Crippen molar-refractivity contribution in [1.29, 1.82) is 0 Å². The van der Waals surface area contributed by atoms with Gasteiger partial charge in [-0.05, 0) is 50.3 Å². The summed E-state index contributed by atoms with van der Waals surface area (Å²) in [7, 11) is 0. The Bertz CT molecular complexity index is 155. The van der Waals surface area contributed by atoms with Gasteiger partial charge in [0.25, 0.3) is 0 Å². The number of hydrogen-bond acceptors (Lipinski definition) is 2. The smallest absolute Gasteiger partial charge is 0.0214 e. The topological polar surface area (TPSA) is 12.0 Å². The number of nitrogens with one attached hydrogen (secondary N) is 1. The van der Waals surface area contributed by atoms with Crippen LogP contribution in [-0.2, 0) is 0 Å². The van der Waals surface area contributed by atoms with Gasteiger partial charge in [0.2, 0.25) is 0 Å². The summed E-state index contributed by atoms with van der Waals surface area (Å²) in [5.74, 6) is 2.40. The van der Waals surface area contributed by atoms with Gasteiger partial charge in [-0.3, -0.25) is 0 Å². The lowest BCUT2D eigenvalue weighted by Gasteiger charge is -2.29. The van der Waals surface area contributed by atoms with Crippen molar-refractivity contribution in [2.45, 2.75) is 63.2 Å². The maximum absolute atomic E-state index is 3.83. The predicted octanol–water partition coefficient (Wildman–Crippen LogP) is 3.44. The van der Waals surface area contributed by atoms with Crippen molar-refractivity contribution in [1.82, 2.24) is 5.32 Å². The van der Waals surface area contributed by atoms with E-state index in [2.05, 4.69) is 24.0 Å². The molecule has 88 valence electrons. The van der Waals surface area contributed by atoms with Crippen LogP contribution in [0.15, 0.2) is 0 Å². The first-order valence-electron chi connectivity index (χ1n) is 6.77. The molecule has 2 heteroatoms. The van der Waals surface area contributed by atoms with Crippen molar-refractivity contribution in [3.8, 4) is 0 Å². The van der Waals surface area contributed by atoms with E-state index in [-0.39, 0.29) is 0 Å². The summed E-state index contributed by atoms with van der Waals surface area (Å²) >= 11 is 2.23. The molecule has 0 radical (unpaired) electrons. The van der Waals surface area contributed by atoms with Crippen LogP contribution in [0.5, 0.6) is 0 Å². The summed E-state index contributed by atoms with van der Waals surface area (Å²) < 4.78 is 0. The monoisotopic (exact) mass is 227 g/mol. The Hall–Kier alpha value is 0.310. The number of rotatable bonds is 5. The molecule has 2 atom stereocenters. The van der Waals surface area contributed by atoms with Gasteiger partial charge in [-0.2, -0.15) is 11.8 Å². The Labute approximate surface area is 98.8 Å². The third-order valence-corrected chi connectivity index (χ3v) is 5.38. The Balaban J connectivity index is 1.88. The van der Waals surface area contributed by atoms with E-state index in [0.29, 0.717) is 0 Å². The van der Waals surface area contributed by atoms with E-state index >= 15 is 0 Å². The first-order chi connectivity index (χ1) is 7.42. The number of hydrogen-bond donors (Lipinski definition) is 1. The van der Waals surface area contributed by atoms with Gasteiger partial charge in [-0.1, -0.05) is 19.8 Å². The van der Waals surface area contributed by atoms with E-state index in [1.165, 1.54) is 57.2 Å². The molecule has 1 heterocycles. The summed E-state index contributed by atoms with van der Waals surface area (Å²) in [4.78, 5) is 0. The van der Waals surface area contributed by atoms with Crippen LogP contribution in [0.1, 0.15) is 51.9 Å². The molecule has 0 spiro atoms. The van der Waals surface area contributed by atoms with Crippen LogP contribution in [-0.4, -0.2) is 23.6 Å². The average molecular weight is 227 g/mol. The van der Waals surface area contributed by atoms with Crippen molar-refractivity contribution in [3.63, 3.8) is 0 Å². The van der Waals surface area contributed by atoms with Gasteiger partial charge in [-0.15, -0.1) is 0 Å². The minimum atomic E-state index is 0.833. The highest BCUT2D eigenvalue weighted by Gasteiger charge is 2.32. The molecule has 1 aliphatic heterocycles. The highest BCUT2D eigenvalue weighted by Crippen LogP contribution is 2.37. The van der Waals surface area contributed by atoms with Gasteiger partial charge >= 0.3 is 0 Å². The van der Waals surface area contributed by atoms with Crippen LogP contribution in [0.4, 0.5) is 0 Å². The van der Waals surface area contributed by atoms with Crippen LogP contribution in [0, 0.1) is 5.92 Å². The first kappa shape index (κ1) is 11.8. The second-order valence-electron chi connectivity index (χ2n) is 5.08. The molecule has 0 amide bonds. The maximum atomic E-state index is 3.83. The predicted molar refractivity (Wildman–Crippen MR) is 69.5 cm³/mol. The van der Waals surface area contributed by atoms with Crippen LogP contribution in [0.2, 0.25) is 0 Å². The van der Waals surface area contributed by atoms with E-state index < -0.39 is 0 Å². The third kappa shape index (κ3) is 3.13. The molecule has 0 bridgehead atoms. The molecule has 1 saturated heterocycles. The second-order valence-corrected chi connectivity index (χ2v) is 6.42. The van der Waals surface area contributed by atoms with Crippen LogP contribution in [0.3, 0.4) is 0 Å². The molecule has 1 aliphatic carbocycles. The van der Waals surface area contributed by atoms with Crippen molar-refractivity contribution in [2.75, 3.05) is 12.3 Å². The normalized spacial score (nSPS) is 29.8. The minimum Gasteiger partial charge on any atom is -0.313 e. The van der Waals surface area contributed by atoms with Crippen molar-refractivity contribution >= 4 is 11.8 Å². The Morgan fingerprint density at radius 2 is 2.00 bits per heavy atom. The Morgan fingerprint density at radius 3 is 2.60 bits per heavy atom. The summed E-state index contributed by atoms with van der Waals surface area (Å²) in [6.07, 6.45) is 10.1. The van der Waals surface area contributed by atoms with Gasteiger partial charge in [0.15, 0.2) is 0 Å². The van der Waals surface area contributed by atoms with E-state index in [0.717, 1.165) is 17.2 Å². The Morgan fingerprint density at radius 1 is 1.20 bits per heavy atom. The van der Waals surface area contributed by atoms with Gasteiger partial charge in [0.1, 0.15) is 0 Å². The zero-order valence-electron chi connectivity index (χ0n) is 10.0. The average Bonchev–Trinajstić information content (AvgIpc) is 2.90. The van der Waals surface area contributed by atoms with Gasteiger partial charge in [0.05, 0.1) is 0 Å². The molecular formula is C13H25NS. The molecule has 0 aromatic carbocycles. The molecule has 0 aromatic rings. The first-order valence-corrected chi connectivity index (χ1v) is 7.81. The zero-order valence-corrected chi connectivity index (χ0v) is 10.8. The summed E-state index contributed by atoms with van der Waals surface area (Å²) in [6.45, 7) is 3.50. The van der Waals surface area contributed by atoms with E-state index in [9.17, 15) is 0 Å². The molecule has 1 saturated carbocycles. The summed E-state index contributed by atoms with van der Waals surface area (Å²) in [6, 6.07) is 0.833. The van der Waals surface area contributed by atoms with Crippen molar-refractivity contribution in [2.24, 2.45) is 5.92 Å². The molecule has 2 rings (SSSR count). The van der Waals surface area contributed by atoms with Crippen LogP contribution in [0.25, 0.3) is 0 Å². The van der Waals surface area contributed by atoms with Gasteiger partial charge < -0.3 is 5.32 Å². The molecule has 15 heavy (non-hydrogen) atoms. The quantitative estimate of drug-likeness (QED) is 0.772. The highest BCUT2D eigenvalue weighted by atomic mass is 32.2. The molecule has 2 aliphatic rings.